The number of nitrogens with zero attached hydrogens (tertiary/aromatic N) is 4. The summed E-state index contributed by atoms with van der Waals surface area (Å²) in [5, 5.41) is 27.2. The van der Waals surface area contributed by atoms with E-state index in [9.17, 15) is 20.2 Å². The second-order valence-corrected chi connectivity index (χ2v) is 6.65. The van der Waals surface area contributed by atoms with Crippen LogP contribution in [-0.4, -0.2) is 19.6 Å². The molecule has 0 unspecified atom stereocenters. The SMILES string of the molecule is Cn1nc(-c2ccccc2)c(Oc2ccc([N+](=O)[O-])cc2[N+](=O)[O-])c1-c1ccccc1. The van der Waals surface area contributed by atoms with Crippen molar-refractivity contribution in [3.63, 3.8) is 0 Å². The molecule has 0 saturated heterocycles. The van der Waals surface area contributed by atoms with Crippen LogP contribution in [0.4, 0.5) is 11.4 Å². The Bertz CT molecular complexity index is 1270. The number of nitro groups is 2. The fraction of sp³-hybridized carbons (Fsp3) is 0.0455. The van der Waals surface area contributed by atoms with E-state index in [1.165, 1.54) is 12.1 Å². The highest BCUT2D eigenvalue weighted by Gasteiger charge is 2.26. The van der Waals surface area contributed by atoms with Gasteiger partial charge in [0.15, 0.2) is 5.75 Å². The van der Waals surface area contributed by atoms with Crippen molar-refractivity contribution in [1.82, 2.24) is 9.78 Å². The molecule has 154 valence electrons. The lowest BCUT2D eigenvalue weighted by atomic mass is 10.1. The third kappa shape index (κ3) is 3.84. The Hall–Kier alpha value is -4.53. The molecule has 4 rings (SSSR count). The minimum Gasteiger partial charge on any atom is -0.445 e. The molecule has 3 aromatic carbocycles. The lowest BCUT2D eigenvalue weighted by molar-refractivity contribution is -0.394. The van der Waals surface area contributed by atoms with E-state index in [0.717, 1.165) is 17.2 Å². The second-order valence-electron chi connectivity index (χ2n) is 6.65. The van der Waals surface area contributed by atoms with Crippen LogP contribution in [0.1, 0.15) is 0 Å². The van der Waals surface area contributed by atoms with Gasteiger partial charge in [-0.15, -0.1) is 0 Å². The third-order valence-electron chi connectivity index (χ3n) is 4.66. The molecule has 0 N–H and O–H groups in total. The number of rotatable bonds is 6. The first-order valence-corrected chi connectivity index (χ1v) is 9.24. The van der Waals surface area contributed by atoms with Crippen LogP contribution in [0.15, 0.2) is 78.9 Å². The molecular weight excluding hydrogens is 400 g/mol. The molecule has 1 heterocycles. The van der Waals surface area contributed by atoms with E-state index >= 15 is 0 Å². The Labute approximate surface area is 176 Å². The van der Waals surface area contributed by atoms with Gasteiger partial charge in [-0.3, -0.25) is 24.9 Å². The summed E-state index contributed by atoms with van der Waals surface area (Å²) >= 11 is 0. The van der Waals surface area contributed by atoms with E-state index in [1.54, 1.807) is 11.7 Å². The number of hydrogen-bond donors (Lipinski definition) is 0. The highest BCUT2D eigenvalue weighted by molar-refractivity contribution is 5.79. The van der Waals surface area contributed by atoms with Crippen molar-refractivity contribution < 1.29 is 14.6 Å². The summed E-state index contributed by atoms with van der Waals surface area (Å²) in [6, 6.07) is 21.9. The van der Waals surface area contributed by atoms with Crippen LogP contribution in [-0.2, 0) is 7.05 Å². The fourth-order valence-corrected chi connectivity index (χ4v) is 3.26. The molecule has 0 aliphatic rings. The van der Waals surface area contributed by atoms with E-state index < -0.39 is 21.2 Å². The molecule has 31 heavy (non-hydrogen) atoms. The normalized spacial score (nSPS) is 10.6. The number of hydrogen-bond acceptors (Lipinski definition) is 6. The van der Waals surface area contributed by atoms with Gasteiger partial charge in [0, 0.05) is 24.2 Å². The summed E-state index contributed by atoms with van der Waals surface area (Å²) in [5.41, 5.74) is 1.79. The van der Waals surface area contributed by atoms with Crippen molar-refractivity contribution in [2.75, 3.05) is 0 Å². The number of ether oxygens (including phenoxy) is 1. The number of non-ortho nitro benzene ring substituents is 1. The number of benzene rings is 3. The number of aromatic nitrogens is 2. The molecule has 0 aliphatic heterocycles. The summed E-state index contributed by atoms with van der Waals surface area (Å²) in [6.45, 7) is 0. The molecule has 9 nitrogen and oxygen atoms in total. The zero-order valence-corrected chi connectivity index (χ0v) is 16.3. The monoisotopic (exact) mass is 416 g/mol. The maximum absolute atomic E-state index is 11.6. The minimum atomic E-state index is -0.705. The molecule has 0 aliphatic carbocycles. The third-order valence-corrected chi connectivity index (χ3v) is 4.66. The molecule has 0 spiro atoms. The van der Waals surface area contributed by atoms with Crippen molar-refractivity contribution in [3.05, 3.63) is 99.1 Å². The first-order chi connectivity index (χ1) is 15.0. The van der Waals surface area contributed by atoms with Crippen LogP contribution in [0.5, 0.6) is 11.5 Å². The predicted octanol–water partition coefficient (Wildman–Crippen LogP) is 5.36. The van der Waals surface area contributed by atoms with Gasteiger partial charge in [-0.25, -0.2) is 0 Å². The maximum Gasteiger partial charge on any atom is 0.318 e. The number of nitro benzene ring substituents is 2. The Kier molecular flexibility index (Phi) is 5.15. The van der Waals surface area contributed by atoms with Crippen LogP contribution >= 0.6 is 0 Å². The molecule has 4 aromatic rings. The quantitative estimate of drug-likeness (QED) is 0.309. The molecule has 0 fully saturated rings. The highest BCUT2D eigenvalue weighted by Crippen LogP contribution is 2.43. The Morgan fingerprint density at radius 2 is 1.45 bits per heavy atom. The smallest absolute Gasteiger partial charge is 0.318 e. The second kappa shape index (κ2) is 8.07. The molecule has 0 radical (unpaired) electrons. The summed E-state index contributed by atoms with van der Waals surface area (Å²) in [6.07, 6.45) is 0. The lowest BCUT2D eigenvalue weighted by Gasteiger charge is -2.10. The van der Waals surface area contributed by atoms with Crippen molar-refractivity contribution in [2.24, 2.45) is 7.05 Å². The Morgan fingerprint density at radius 3 is 2.03 bits per heavy atom. The van der Waals surface area contributed by atoms with Crippen molar-refractivity contribution in [2.45, 2.75) is 0 Å². The minimum absolute atomic E-state index is 0.113. The molecule has 1 aromatic heterocycles. The van der Waals surface area contributed by atoms with Gasteiger partial charge < -0.3 is 4.74 Å². The standard InChI is InChI=1S/C22H16N4O5/c1-24-21(16-10-6-3-7-11-16)22(20(23-24)15-8-4-2-5-9-15)31-19-13-12-17(25(27)28)14-18(19)26(29)30/h2-14H,1H3. The Morgan fingerprint density at radius 1 is 0.839 bits per heavy atom. The molecular formula is C22H16N4O5. The van der Waals surface area contributed by atoms with Gasteiger partial charge >= 0.3 is 5.69 Å². The summed E-state index contributed by atoms with van der Waals surface area (Å²) < 4.78 is 7.69. The van der Waals surface area contributed by atoms with E-state index in [0.29, 0.717) is 17.1 Å². The van der Waals surface area contributed by atoms with Crippen LogP contribution in [0.3, 0.4) is 0 Å². The average molecular weight is 416 g/mol. The highest BCUT2D eigenvalue weighted by atomic mass is 16.6. The molecule has 0 amide bonds. The van der Waals surface area contributed by atoms with Crippen LogP contribution < -0.4 is 4.74 Å². The first-order valence-electron chi connectivity index (χ1n) is 9.24. The van der Waals surface area contributed by atoms with Crippen LogP contribution in [0.2, 0.25) is 0 Å². The van der Waals surface area contributed by atoms with Crippen molar-refractivity contribution >= 4 is 11.4 Å². The van der Waals surface area contributed by atoms with Gasteiger partial charge in [-0.05, 0) is 6.07 Å². The van der Waals surface area contributed by atoms with E-state index in [2.05, 4.69) is 5.10 Å². The van der Waals surface area contributed by atoms with Gasteiger partial charge in [-0.2, -0.15) is 5.10 Å². The summed E-state index contributed by atoms with van der Waals surface area (Å²) in [4.78, 5) is 21.2. The topological polar surface area (TPSA) is 113 Å². The van der Waals surface area contributed by atoms with E-state index in [1.807, 2.05) is 60.7 Å². The molecule has 0 saturated carbocycles. The van der Waals surface area contributed by atoms with Crippen LogP contribution in [0, 0.1) is 20.2 Å². The van der Waals surface area contributed by atoms with Gasteiger partial charge in [0.25, 0.3) is 5.69 Å². The zero-order chi connectivity index (χ0) is 22.0. The Balaban J connectivity index is 1.92. The lowest BCUT2D eigenvalue weighted by Crippen LogP contribution is -1.98. The van der Waals surface area contributed by atoms with Gasteiger partial charge in [-0.1, -0.05) is 60.7 Å². The zero-order valence-electron chi connectivity index (χ0n) is 16.3. The largest absolute Gasteiger partial charge is 0.445 e. The van der Waals surface area contributed by atoms with Gasteiger partial charge in [0.05, 0.1) is 15.9 Å². The van der Waals surface area contributed by atoms with Crippen molar-refractivity contribution in [1.29, 1.82) is 0 Å². The summed E-state index contributed by atoms with van der Waals surface area (Å²) in [7, 11) is 1.76. The fourth-order valence-electron chi connectivity index (χ4n) is 3.26. The van der Waals surface area contributed by atoms with Crippen molar-refractivity contribution in [3.8, 4) is 34.0 Å². The van der Waals surface area contributed by atoms with Gasteiger partial charge in [0.2, 0.25) is 5.75 Å². The van der Waals surface area contributed by atoms with Crippen LogP contribution in [0.25, 0.3) is 22.5 Å². The first kappa shape index (κ1) is 19.8. The van der Waals surface area contributed by atoms with E-state index in [-0.39, 0.29) is 5.75 Å². The molecule has 9 heteroatoms. The predicted molar refractivity (Wildman–Crippen MR) is 114 cm³/mol. The maximum atomic E-state index is 11.6. The number of aryl methyl sites for hydroxylation is 1. The van der Waals surface area contributed by atoms with E-state index in [4.69, 9.17) is 4.74 Å². The molecule has 0 atom stereocenters. The van der Waals surface area contributed by atoms with Gasteiger partial charge in [0.1, 0.15) is 11.4 Å². The average Bonchev–Trinajstić information content (AvgIpc) is 3.10. The molecule has 0 bridgehead atoms. The summed E-state index contributed by atoms with van der Waals surface area (Å²) in [5.74, 6) is 0.204.